The van der Waals surface area contributed by atoms with E-state index in [-0.39, 0.29) is 27.9 Å². The summed E-state index contributed by atoms with van der Waals surface area (Å²) < 4.78 is 37.8. The van der Waals surface area contributed by atoms with Gasteiger partial charge in [0.2, 0.25) is 0 Å². The van der Waals surface area contributed by atoms with Crippen molar-refractivity contribution in [1.29, 1.82) is 0 Å². The van der Waals surface area contributed by atoms with Crippen molar-refractivity contribution in [3.05, 3.63) is 30.0 Å². The Morgan fingerprint density at radius 3 is 2.46 bits per heavy atom. The minimum atomic E-state index is -4.03. The Bertz CT molecular complexity index is 930. The topological polar surface area (TPSA) is 137 Å². The Hall–Kier alpha value is -3.08. The molecule has 1 amide bonds. The molecule has 0 aliphatic rings. The van der Waals surface area contributed by atoms with Gasteiger partial charge in [-0.25, -0.2) is 13.4 Å². The second-order valence-corrected chi connectivity index (χ2v) is 7.00. The molecule has 0 atom stereocenters. The number of nitrogens with zero attached hydrogens (tertiary/aromatic N) is 3. The summed E-state index contributed by atoms with van der Waals surface area (Å²) in [6, 6.07) is 3.89. The molecule has 1 heterocycles. The Balaban J connectivity index is 2.47. The van der Waals surface area contributed by atoms with E-state index < -0.39 is 15.9 Å². The van der Waals surface area contributed by atoms with Gasteiger partial charge in [0.25, 0.3) is 15.9 Å². The van der Waals surface area contributed by atoms with Crippen molar-refractivity contribution in [2.24, 2.45) is 5.73 Å². The van der Waals surface area contributed by atoms with E-state index in [1.807, 2.05) is 0 Å². The van der Waals surface area contributed by atoms with Crippen LogP contribution in [0.25, 0.3) is 0 Å². The zero-order valence-corrected chi connectivity index (χ0v) is 15.5. The van der Waals surface area contributed by atoms with Crippen LogP contribution in [-0.4, -0.2) is 52.6 Å². The molecule has 11 heteroatoms. The van der Waals surface area contributed by atoms with Crippen LogP contribution in [-0.2, 0) is 10.0 Å². The summed E-state index contributed by atoms with van der Waals surface area (Å²) in [5.41, 5.74) is 5.37. The van der Waals surface area contributed by atoms with E-state index in [1.54, 1.807) is 19.0 Å². The normalized spacial score (nSPS) is 10.9. The average molecular weight is 381 g/mol. The highest BCUT2D eigenvalue weighted by Crippen LogP contribution is 2.27. The smallest absolute Gasteiger partial charge is 0.318 e. The number of carbonyl (C=O) groups is 1. The molecule has 0 bridgehead atoms. The van der Waals surface area contributed by atoms with E-state index in [0.717, 1.165) is 6.07 Å². The minimum Gasteiger partial charge on any atom is -0.496 e. The molecule has 0 unspecified atom stereocenters. The number of benzene rings is 1. The maximum Gasteiger partial charge on any atom is 0.318 e. The van der Waals surface area contributed by atoms with Gasteiger partial charge in [0.05, 0.1) is 30.9 Å². The molecular formula is C15H19N5O5S. The molecule has 0 aliphatic carbocycles. The largest absolute Gasteiger partial charge is 0.496 e. The van der Waals surface area contributed by atoms with Crippen molar-refractivity contribution in [2.75, 3.05) is 37.9 Å². The summed E-state index contributed by atoms with van der Waals surface area (Å²) in [6.45, 7) is 0. The molecule has 0 fully saturated rings. The van der Waals surface area contributed by atoms with Crippen LogP contribution in [0.3, 0.4) is 0 Å². The number of carbonyl (C=O) groups excluding carboxylic acids is 1. The standard InChI is InChI=1S/C15H19N5O5S/c1-20(2)14-11(8-17-15(18-14)25-4)19-26(22,23)9-5-6-12(24-3)10(7-9)13(16)21/h5-8,19H,1-4H3,(H2,16,21). The molecule has 26 heavy (non-hydrogen) atoms. The first-order valence-corrected chi connectivity index (χ1v) is 8.77. The third-order valence-corrected chi connectivity index (χ3v) is 4.71. The fourth-order valence-corrected chi connectivity index (χ4v) is 3.19. The second kappa shape index (κ2) is 7.44. The lowest BCUT2D eigenvalue weighted by molar-refractivity contribution is 0.0997. The van der Waals surface area contributed by atoms with Crippen LogP contribution in [0.2, 0.25) is 0 Å². The first-order valence-electron chi connectivity index (χ1n) is 7.28. The van der Waals surface area contributed by atoms with Gasteiger partial charge in [-0.05, 0) is 18.2 Å². The van der Waals surface area contributed by atoms with E-state index in [4.69, 9.17) is 15.2 Å². The van der Waals surface area contributed by atoms with Gasteiger partial charge < -0.3 is 20.1 Å². The first kappa shape index (κ1) is 19.2. The van der Waals surface area contributed by atoms with Gasteiger partial charge in [-0.2, -0.15) is 4.98 Å². The summed E-state index contributed by atoms with van der Waals surface area (Å²) in [5, 5.41) is 0. The summed E-state index contributed by atoms with van der Waals surface area (Å²) in [5.74, 6) is -0.317. The van der Waals surface area contributed by atoms with Crippen LogP contribution in [0.5, 0.6) is 11.8 Å². The number of primary amides is 1. The lowest BCUT2D eigenvalue weighted by Gasteiger charge is -2.17. The molecule has 0 spiro atoms. The number of ether oxygens (including phenoxy) is 2. The zero-order chi connectivity index (χ0) is 19.5. The summed E-state index contributed by atoms with van der Waals surface area (Å²) >= 11 is 0. The van der Waals surface area contributed by atoms with Crippen LogP contribution in [0.4, 0.5) is 11.5 Å². The molecule has 3 N–H and O–H groups in total. The number of rotatable bonds is 7. The number of sulfonamides is 1. The fourth-order valence-electron chi connectivity index (χ4n) is 2.12. The molecule has 10 nitrogen and oxygen atoms in total. The number of aromatic nitrogens is 2. The van der Waals surface area contributed by atoms with E-state index in [2.05, 4.69) is 14.7 Å². The molecule has 140 valence electrons. The lowest BCUT2D eigenvalue weighted by Crippen LogP contribution is -2.20. The van der Waals surface area contributed by atoms with Gasteiger partial charge in [-0.15, -0.1) is 0 Å². The SMILES string of the molecule is COc1ncc(NS(=O)(=O)c2ccc(OC)c(C(N)=O)c2)c(N(C)C)n1. The molecule has 0 radical (unpaired) electrons. The molecule has 0 aliphatic heterocycles. The maximum atomic E-state index is 12.7. The average Bonchev–Trinajstić information content (AvgIpc) is 2.60. The van der Waals surface area contributed by atoms with Crippen LogP contribution in [0.15, 0.2) is 29.3 Å². The Morgan fingerprint density at radius 1 is 1.23 bits per heavy atom. The highest BCUT2D eigenvalue weighted by Gasteiger charge is 2.21. The van der Waals surface area contributed by atoms with Gasteiger partial charge >= 0.3 is 6.01 Å². The highest BCUT2D eigenvalue weighted by molar-refractivity contribution is 7.92. The number of nitrogens with two attached hydrogens (primary N) is 1. The van der Waals surface area contributed by atoms with Gasteiger partial charge in [-0.3, -0.25) is 9.52 Å². The van der Waals surface area contributed by atoms with E-state index >= 15 is 0 Å². The molecule has 0 saturated heterocycles. The Morgan fingerprint density at radius 2 is 1.92 bits per heavy atom. The van der Waals surface area contributed by atoms with Crippen molar-refractivity contribution < 1.29 is 22.7 Å². The third kappa shape index (κ3) is 3.94. The molecular weight excluding hydrogens is 362 g/mol. The van der Waals surface area contributed by atoms with Crippen molar-refractivity contribution in [2.45, 2.75) is 4.90 Å². The summed E-state index contributed by atoms with van der Waals surface area (Å²) in [7, 11) is 2.11. The zero-order valence-electron chi connectivity index (χ0n) is 14.7. The number of hydrogen-bond donors (Lipinski definition) is 2. The van der Waals surface area contributed by atoms with Crippen LogP contribution < -0.4 is 24.8 Å². The number of anilines is 2. The molecule has 0 saturated carbocycles. The third-order valence-electron chi connectivity index (χ3n) is 3.34. The second-order valence-electron chi connectivity index (χ2n) is 5.32. The van der Waals surface area contributed by atoms with Gasteiger partial charge in [0, 0.05) is 14.1 Å². The van der Waals surface area contributed by atoms with Crippen LogP contribution in [0, 0.1) is 0 Å². The number of methoxy groups -OCH3 is 2. The van der Waals surface area contributed by atoms with E-state index in [9.17, 15) is 13.2 Å². The Labute approximate surface area is 151 Å². The van der Waals surface area contributed by atoms with Gasteiger partial charge in [-0.1, -0.05) is 0 Å². The minimum absolute atomic E-state index is 0.0470. The van der Waals surface area contributed by atoms with Crippen molar-refractivity contribution in [3.8, 4) is 11.8 Å². The summed E-state index contributed by atoms with van der Waals surface area (Å²) in [4.78, 5) is 21.0. The van der Waals surface area contributed by atoms with Crippen molar-refractivity contribution in [3.63, 3.8) is 0 Å². The fraction of sp³-hybridized carbons (Fsp3) is 0.267. The van der Waals surface area contributed by atoms with Crippen molar-refractivity contribution in [1.82, 2.24) is 9.97 Å². The maximum absolute atomic E-state index is 12.7. The number of hydrogen-bond acceptors (Lipinski definition) is 8. The summed E-state index contributed by atoms with van der Waals surface area (Å²) in [6.07, 6.45) is 1.29. The quantitative estimate of drug-likeness (QED) is 0.706. The number of amides is 1. The molecule has 1 aromatic heterocycles. The number of nitrogens with one attached hydrogen (secondary N) is 1. The van der Waals surface area contributed by atoms with Crippen molar-refractivity contribution >= 4 is 27.4 Å². The van der Waals surface area contributed by atoms with E-state index in [0.29, 0.717) is 5.82 Å². The van der Waals surface area contributed by atoms with Crippen LogP contribution >= 0.6 is 0 Å². The first-order chi connectivity index (χ1) is 12.2. The highest BCUT2D eigenvalue weighted by atomic mass is 32.2. The Kier molecular flexibility index (Phi) is 5.50. The molecule has 2 rings (SSSR count). The van der Waals surface area contributed by atoms with E-state index in [1.165, 1.54) is 32.5 Å². The lowest BCUT2D eigenvalue weighted by atomic mass is 10.2. The monoisotopic (exact) mass is 381 g/mol. The predicted octanol–water partition coefficient (Wildman–Crippen LogP) is 0.459. The van der Waals surface area contributed by atoms with Gasteiger partial charge in [0.1, 0.15) is 11.4 Å². The molecule has 1 aromatic carbocycles. The predicted molar refractivity (Wildman–Crippen MR) is 95.2 cm³/mol. The van der Waals surface area contributed by atoms with Crippen LogP contribution in [0.1, 0.15) is 10.4 Å². The van der Waals surface area contributed by atoms with Gasteiger partial charge in [0.15, 0.2) is 5.82 Å². The molecule has 2 aromatic rings.